The summed E-state index contributed by atoms with van der Waals surface area (Å²) in [4.78, 5) is 28.7. The van der Waals surface area contributed by atoms with Gasteiger partial charge < -0.3 is 14.0 Å². The minimum absolute atomic E-state index is 0.0364. The van der Waals surface area contributed by atoms with Gasteiger partial charge in [-0.05, 0) is 59.8 Å². The third-order valence-corrected chi connectivity index (χ3v) is 7.48. The third-order valence-electron chi connectivity index (χ3n) is 7.19. The van der Waals surface area contributed by atoms with Crippen molar-refractivity contribution in [2.24, 2.45) is 0 Å². The average molecular weight is 586 g/mol. The zero-order valence-corrected chi connectivity index (χ0v) is 24.3. The van der Waals surface area contributed by atoms with Crippen LogP contribution in [0.25, 0.3) is 34.3 Å². The van der Waals surface area contributed by atoms with Crippen LogP contribution in [0.3, 0.4) is 0 Å². The largest absolute Gasteiger partial charge is 0.497 e. The van der Waals surface area contributed by atoms with Gasteiger partial charge in [-0.3, -0.25) is 14.9 Å². The van der Waals surface area contributed by atoms with E-state index < -0.39 is 11.8 Å². The van der Waals surface area contributed by atoms with Gasteiger partial charge >= 0.3 is 0 Å². The molecule has 0 aliphatic carbocycles. The Kier molecular flexibility index (Phi) is 7.59. The summed E-state index contributed by atoms with van der Waals surface area (Å²) in [6, 6.07) is 36.9. The maximum Gasteiger partial charge on any atom is 0.270 e. The van der Waals surface area contributed by atoms with E-state index in [1.807, 2.05) is 97.1 Å². The van der Waals surface area contributed by atoms with Crippen molar-refractivity contribution in [3.05, 3.63) is 126 Å². The standard InChI is InChI=1S/C35H27N3O4S/c1-41-27-18-19-29(31(22-27)42-2)38-34(40)28(33(39)36-35(38)43)20-25-21-30(23-12-6-3-7-13-23)37(26-16-10-5-11-17-26)32(25)24-14-8-4-9-15-24/h3-22H,1-2H3,(H,36,39,43)/b28-20-. The summed E-state index contributed by atoms with van der Waals surface area (Å²) in [5.41, 5.74) is 5.61. The Morgan fingerprint density at radius 1 is 0.744 bits per heavy atom. The first kappa shape index (κ1) is 27.7. The average Bonchev–Trinajstić information content (AvgIpc) is 3.43. The van der Waals surface area contributed by atoms with Crippen LogP contribution < -0.4 is 19.7 Å². The van der Waals surface area contributed by atoms with Gasteiger partial charge in [0, 0.05) is 17.3 Å². The molecule has 212 valence electrons. The van der Waals surface area contributed by atoms with E-state index in [-0.39, 0.29) is 10.7 Å². The molecule has 2 heterocycles. The van der Waals surface area contributed by atoms with Gasteiger partial charge in [0.1, 0.15) is 17.1 Å². The summed E-state index contributed by atoms with van der Waals surface area (Å²) in [6.07, 6.45) is 1.64. The van der Waals surface area contributed by atoms with Gasteiger partial charge in [0.05, 0.1) is 31.3 Å². The second-order valence-corrected chi connectivity index (χ2v) is 10.1. The molecule has 5 aromatic rings. The lowest BCUT2D eigenvalue weighted by Gasteiger charge is -2.30. The lowest BCUT2D eigenvalue weighted by atomic mass is 10.0. The Hall–Kier alpha value is -5.47. The van der Waals surface area contributed by atoms with Crippen molar-refractivity contribution in [2.45, 2.75) is 0 Å². The Morgan fingerprint density at radius 3 is 2.00 bits per heavy atom. The Labute approximate surface area is 254 Å². The molecule has 1 aliphatic rings. The number of ether oxygens (including phenoxy) is 2. The summed E-state index contributed by atoms with van der Waals surface area (Å²) in [6.45, 7) is 0. The molecule has 0 spiro atoms. The fourth-order valence-electron chi connectivity index (χ4n) is 5.20. The molecule has 0 atom stereocenters. The first-order chi connectivity index (χ1) is 21.0. The number of nitrogens with one attached hydrogen (secondary N) is 1. The van der Waals surface area contributed by atoms with Crippen LogP contribution in [-0.4, -0.2) is 35.7 Å². The van der Waals surface area contributed by atoms with Crippen LogP contribution in [-0.2, 0) is 9.59 Å². The molecule has 0 radical (unpaired) electrons. The van der Waals surface area contributed by atoms with Crippen molar-refractivity contribution < 1.29 is 19.1 Å². The lowest BCUT2D eigenvalue weighted by molar-refractivity contribution is -0.122. The van der Waals surface area contributed by atoms with Crippen LogP contribution in [0.15, 0.2) is 121 Å². The van der Waals surface area contributed by atoms with E-state index in [0.717, 1.165) is 28.2 Å². The molecule has 7 nitrogen and oxygen atoms in total. The molecule has 0 saturated carbocycles. The van der Waals surface area contributed by atoms with Crippen LogP contribution in [0.4, 0.5) is 5.69 Å². The van der Waals surface area contributed by atoms with Crippen molar-refractivity contribution in [1.29, 1.82) is 0 Å². The lowest BCUT2D eigenvalue weighted by Crippen LogP contribution is -2.54. The molecule has 4 aromatic carbocycles. The number of para-hydroxylation sites is 1. The predicted octanol–water partition coefficient (Wildman–Crippen LogP) is 6.66. The number of hydrogen-bond acceptors (Lipinski definition) is 5. The van der Waals surface area contributed by atoms with Crippen molar-refractivity contribution in [3.63, 3.8) is 0 Å². The molecule has 0 unspecified atom stereocenters. The van der Waals surface area contributed by atoms with Gasteiger partial charge in [-0.25, -0.2) is 4.90 Å². The van der Waals surface area contributed by atoms with Gasteiger partial charge in [0.2, 0.25) is 0 Å². The number of amides is 2. The van der Waals surface area contributed by atoms with Gasteiger partial charge in [-0.1, -0.05) is 78.9 Å². The molecule has 1 N–H and O–H groups in total. The molecule has 1 fully saturated rings. The minimum atomic E-state index is -0.577. The van der Waals surface area contributed by atoms with Crippen LogP contribution in [0.2, 0.25) is 0 Å². The SMILES string of the molecule is COc1ccc(N2C(=O)/C(=C\c3cc(-c4ccccc4)n(-c4ccccc4)c3-c3ccccc3)C(=O)NC2=S)c(OC)c1. The van der Waals surface area contributed by atoms with E-state index in [0.29, 0.717) is 22.7 Å². The van der Waals surface area contributed by atoms with Crippen molar-refractivity contribution in [1.82, 2.24) is 9.88 Å². The number of anilines is 1. The number of benzene rings is 4. The van der Waals surface area contributed by atoms with Crippen molar-refractivity contribution in [2.75, 3.05) is 19.1 Å². The molecule has 1 aromatic heterocycles. The van der Waals surface area contributed by atoms with Crippen molar-refractivity contribution >= 4 is 40.9 Å². The van der Waals surface area contributed by atoms with Crippen LogP contribution in [0.5, 0.6) is 11.5 Å². The van der Waals surface area contributed by atoms with Gasteiger partial charge in [-0.2, -0.15) is 0 Å². The molecule has 8 heteroatoms. The van der Waals surface area contributed by atoms with E-state index in [9.17, 15) is 9.59 Å². The smallest absolute Gasteiger partial charge is 0.270 e. The van der Waals surface area contributed by atoms with Crippen molar-refractivity contribution in [3.8, 4) is 39.7 Å². The Balaban J connectivity index is 1.57. The van der Waals surface area contributed by atoms with Gasteiger partial charge in [0.25, 0.3) is 11.8 Å². The number of hydrogen-bond donors (Lipinski definition) is 1. The number of aromatic nitrogens is 1. The number of thiocarbonyl (C=S) groups is 1. The zero-order chi connectivity index (χ0) is 29.9. The molecule has 6 rings (SSSR count). The monoisotopic (exact) mass is 585 g/mol. The summed E-state index contributed by atoms with van der Waals surface area (Å²) in [7, 11) is 3.04. The van der Waals surface area contributed by atoms with Crippen LogP contribution >= 0.6 is 12.2 Å². The van der Waals surface area contributed by atoms with Gasteiger partial charge in [-0.15, -0.1) is 0 Å². The number of nitrogens with zero attached hydrogens (tertiary/aromatic N) is 2. The second kappa shape index (κ2) is 11.8. The highest BCUT2D eigenvalue weighted by molar-refractivity contribution is 7.80. The fraction of sp³-hybridized carbons (Fsp3) is 0.0571. The normalized spacial score (nSPS) is 14.1. The van der Waals surface area contributed by atoms with E-state index in [4.69, 9.17) is 21.7 Å². The molecule has 1 aliphatic heterocycles. The number of carbonyl (C=O) groups is 2. The molecule has 1 saturated heterocycles. The summed E-state index contributed by atoms with van der Waals surface area (Å²) in [5, 5.41) is 2.65. The summed E-state index contributed by atoms with van der Waals surface area (Å²) >= 11 is 5.46. The Morgan fingerprint density at radius 2 is 1.37 bits per heavy atom. The van der Waals surface area contributed by atoms with Crippen LogP contribution in [0.1, 0.15) is 5.56 Å². The maximum absolute atomic E-state index is 14.1. The maximum atomic E-state index is 14.1. The van der Waals surface area contributed by atoms with E-state index in [1.165, 1.54) is 12.0 Å². The first-order valence-electron chi connectivity index (χ1n) is 13.6. The highest BCUT2D eigenvalue weighted by atomic mass is 32.1. The third kappa shape index (κ3) is 5.20. The summed E-state index contributed by atoms with van der Waals surface area (Å²) in [5.74, 6) is -0.215. The van der Waals surface area contributed by atoms with E-state index in [2.05, 4.69) is 9.88 Å². The molecule has 2 amide bonds. The second-order valence-electron chi connectivity index (χ2n) is 9.73. The highest BCUT2D eigenvalue weighted by Crippen LogP contribution is 2.39. The van der Waals surface area contributed by atoms with E-state index in [1.54, 1.807) is 31.4 Å². The van der Waals surface area contributed by atoms with Crippen LogP contribution in [0, 0.1) is 0 Å². The predicted molar refractivity (Wildman–Crippen MR) is 172 cm³/mol. The zero-order valence-electron chi connectivity index (χ0n) is 23.5. The topological polar surface area (TPSA) is 72.8 Å². The van der Waals surface area contributed by atoms with Gasteiger partial charge in [0.15, 0.2) is 5.11 Å². The molecular formula is C35H27N3O4S. The Bertz CT molecular complexity index is 1870. The summed E-state index contributed by atoms with van der Waals surface area (Å²) < 4.78 is 13.0. The minimum Gasteiger partial charge on any atom is -0.497 e. The first-order valence-corrected chi connectivity index (χ1v) is 14.0. The fourth-order valence-corrected chi connectivity index (χ4v) is 5.47. The molecule has 43 heavy (non-hydrogen) atoms. The van der Waals surface area contributed by atoms with E-state index >= 15 is 0 Å². The quantitative estimate of drug-likeness (QED) is 0.131. The molecule has 0 bridgehead atoms. The molecular weight excluding hydrogens is 558 g/mol. The highest BCUT2D eigenvalue weighted by Gasteiger charge is 2.36. The number of carbonyl (C=O) groups excluding carboxylic acids is 2. The number of rotatable bonds is 7. The number of methoxy groups -OCH3 is 2.